The molecule has 3 heteroatoms. The minimum Gasteiger partial charge on any atom is -0.309 e. The van der Waals surface area contributed by atoms with Crippen LogP contribution in [0, 0.1) is 5.41 Å². The maximum atomic E-state index is 4.98. The van der Waals surface area contributed by atoms with Gasteiger partial charge in [-0.1, -0.05) is 27.2 Å². The molecule has 0 amide bonds. The van der Waals surface area contributed by atoms with Gasteiger partial charge in [0.2, 0.25) is 0 Å². The lowest BCUT2D eigenvalue weighted by molar-refractivity contribution is 0.260. The van der Waals surface area contributed by atoms with Crippen LogP contribution in [0.1, 0.15) is 74.0 Å². The SMILES string of the molecule is CCNC1CC(C)(C)Cc2nc(C3CCC3)sc21. The second kappa shape index (κ2) is 4.61. The fourth-order valence-electron chi connectivity index (χ4n) is 3.19. The molecule has 1 N–H and O–H groups in total. The molecule has 2 nitrogen and oxygen atoms in total. The van der Waals surface area contributed by atoms with E-state index in [1.54, 1.807) is 0 Å². The summed E-state index contributed by atoms with van der Waals surface area (Å²) < 4.78 is 0. The highest BCUT2D eigenvalue weighted by atomic mass is 32.1. The number of rotatable bonds is 3. The number of fused-ring (bicyclic) bond motifs is 1. The Hall–Kier alpha value is -0.410. The van der Waals surface area contributed by atoms with Crippen molar-refractivity contribution in [3.63, 3.8) is 0 Å². The van der Waals surface area contributed by atoms with Crippen LogP contribution in [0.4, 0.5) is 0 Å². The van der Waals surface area contributed by atoms with Crippen LogP contribution in [0.25, 0.3) is 0 Å². The molecule has 0 aromatic carbocycles. The van der Waals surface area contributed by atoms with Crippen molar-refractivity contribution >= 4 is 11.3 Å². The van der Waals surface area contributed by atoms with E-state index in [0.29, 0.717) is 11.5 Å². The van der Waals surface area contributed by atoms with Gasteiger partial charge in [0.15, 0.2) is 0 Å². The third-order valence-electron chi connectivity index (χ3n) is 4.37. The van der Waals surface area contributed by atoms with Crippen LogP contribution >= 0.6 is 11.3 Å². The van der Waals surface area contributed by atoms with Crippen molar-refractivity contribution < 1.29 is 0 Å². The molecule has 0 radical (unpaired) electrons. The van der Waals surface area contributed by atoms with E-state index in [2.05, 4.69) is 26.1 Å². The number of thiazole rings is 1. The average molecular weight is 264 g/mol. The highest BCUT2D eigenvalue weighted by molar-refractivity contribution is 7.12. The van der Waals surface area contributed by atoms with E-state index >= 15 is 0 Å². The van der Waals surface area contributed by atoms with Crippen molar-refractivity contribution in [3.05, 3.63) is 15.6 Å². The van der Waals surface area contributed by atoms with Gasteiger partial charge in [-0.15, -0.1) is 11.3 Å². The number of hydrogen-bond donors (Lipinski definition) is 1. The first-order valence-electron chi connectivity index (χ1n) is 7.32. The van der Waals surface area contributed by atoms with E-state index in [1.165, 1.54) is 41.3 Å². The van der Waals surface area contributed by atoms with Crippen molar-refractivity contribution in [2.24, 2.45) is 5.41 Å². The highest BCUT2D eigenvalue weighted by Crippen LogP contribution is 2.46. The summed E-state index contributed by atoms with van der Waals surface area (Å²) in [6, 6.07) is 0.542. The largest absolute Gasteiger partial charge is 0.309 e. The standard InChI is InChI=1S/C15H24N2S/c1-4-16-11-8-15(2,3)9-12-13(11)18-14(17-12)10-6-5-7-10/h10-11,16H,4-9H2,1-3H3. The fourth-order valence-corrected chi connectivity index (χ4v) is 4.52. The van der Waals surface area contributed by atoms with Gasteiger partial charge in [-0.3, -0.25) is 0 Å². The first kappa shape index (κ1) is 12.6. The lowest BCUT2D eigenvalue weighted by atomic mass is 9.76. The second-order valence-electron chi connectivity index (χ2n) is 6.65. The quantitative estimate of drug-likeness (QED) is 0.891. The maximum absolute atomic E-state index is 4.98. The molecule has 0 aliphatic heterocycles. The van der Waals surface area contributed by atoms with Crippen LogP contribution in [0.5, 0.6) is 0 Å². The summed E-state index contributed by atoms with van der Waals surface area (Å²) in [4.78, 5) is 6.52. The van der Waals surface area contributed by atoms with Crippen molar-refractivity contribution in [1.82, 2.24) is 10.3 Å². The molecule has 1 aromatic heterocycles. The van der Waals surface area contributed by atoms with E-state index < -0.39 is 0 Å². The van der Waals surface area contributed by atoms with Crippen molar-refractivity contribution in [2.45, 2.75) is 64.8 Å². The molecule has 0 saturated heterocycles. The second-order valence-corrected chi connectivity index (χ2v) is 7.71. The molecule has 100 valence electrons. The molecule has 3 rings (SSSR count). The van der Waals surface area contributed by atoms with Gasteiger partial charge in [0.1, 0.15) is 0 Å². The summed E-state index contributed by atoms with van der Waals surface area (Å²) >= 11 is 1.99. The van der Waals surface area contributed by atoms with Gasteiger partial charge in [0.25, 0.3) is 0 Å². The Morgan fingerprint density at radius 1 is 1.39 bits per heavy atom. The van der Waals surface area contributed by atoms with Crippen LogP contribution in [-0.2, 0) is 6.42 Å². The first-order valence-corrected chi connectivity index (χ1v) is 8.13. The number of hydrogen-bond acceptors (Lipinski definition) is 3. The summed E-state index contributed by atoms with van der Waals surface area (Å²) in [6.07, 6.45) is 6.54. The Balaban J connectivity index is 1.90. The molecule has 1 atom stereocenters. The van der Waals surface area contributed by atoms with Crippen LogP contribution in [0.2, 0.25) is 0 Å². The van der Waals surface area contributed by atoms with E-state index in [4.69, 9.17) is 4.98 Å². The Morgan fingerprint density at radius 2 is 2.17 bits per heavy atom. The molecular formula is C15H24N2S. The van der Waals surface area contributed by atoms with E-state index in [-0.39, 0.29) is 0 Å². The van der Waals surface area contributed by atoms with Crippen molar-refractivity contribution in [1.29, 1.82) is 0 Å². The Labute approximate surface area is 114 Å². The minimum atomic E-state index is 0.394. The molecule has 1 unspecified atom stereocenters. The van der Waals surface area contributed by atoms with Gasteiger partial charge in [-0.2, -0.15) is 0 Å². The Bertz CT molecular complexity index is 432. The third kappa shape index (κ3) is 2.23. The van der Waals surface area contributed by atoms with Gasteiger partial charge in [0.05, 0.1) is 10.7 Å². The van der Waals surface area contributed by atoms with Crippen LogP contribution < -0.4 is 5.32 Å². The molecule has 1 fully saturated rings. The summed E-state index contributed by atoms with van der Waals surface area (Å²) in [5, 5.41) is 5.08. The molecule has 2 aliphatic rings. The van der Waals surface area contributed by atoms with Crippen LogP contribution in [0.15, 0.2) is 0 Å². The van der Waals surface area contributed by atoms with Crippen molar-refractivity contribution in [3.8, 4) is 0 Å². The van der Waals surface area contributed by atoms with Crippen LogP contribution in [0.3, 0.4) is 0 Å². The predicted octanol–water partition coefficient (Wildman–Crippen LogP) is 4.03. The zero-order valence-corrected chi connectivity index (χ0v) is 12.6. The lowest BCUT2D eigenvalue weighted by Crippen LogP contribution is -2.32. The van der Waals surface area contributed by atoms with Gasteiger partial charge >= 0.3 is 0 Å². The van der Waals surface area contributed by atoms with Gasteiger partial charge in [-0.05, 0) is 37.6 Å². The van der Waals surface area contributed by atoms with Gasteiger partial charge in [-0.25, -0.2) is 4.98 Å². The van der Waals surface area contributed by atoms with E-state index in [9.17, 15) is 0 Å². The maximum Gasteiger partial charge on any atom is 0.0962 e. The molecule has 1 aromatic rings. The van der Waals surface area contributed by atoms with Gasteiger partial charge in [0, 0.05) is 16.8 Å². The molecule has 1 heterocycles. The van der Waals surface area contributed by atoms with Crippen LogP contribution in [-0.4, -0.2) is 11.5 Å². The molecule has 18 heavy (non-hydrogen) atoms. The highest BCUT2D eigenvalue weighted by Gasteiger charge is 2.36. The molecule has 2 aliphatic carbocycles. The first-order chi connectivity index (χ1) is 8.59. The molecule has 0 spiro atoms. The Kier molecular flexibility index (Phi) is 3.23. The summed E-state index contributed by atoms with van der Waals surface area (Å²) in [5.74, 6) is 0.783. The van der Waals surface area contributed by atoms with Crippen molar-refractivity contribution in [2.75, 3.05) is 6.54 Å². The molecule has 0 bridgehead atoms. The Morgan fingerprint density at radius 3 is 2.78 bits per heavy atom. The summed E-state index contributed by atoms with van der Waals surface area (Å²) in [6.45, 7) is 8.01. The minimum absolute atomic E-state index is 0.394. The number of aromatic nitrogens is 1. The summed E-state index contributed by atoms with van der Waals surface area (Å²) in [5.41, 5.74) is 1.79. The number of nitrogens with zero attached hydrogens (tertiary/aromatic N) is 1. The average Bonchev–Trinajstić information content (AvgIpc) is 2.56. The zero-order valence-electron chi connectivity index (χ0n) is 11.8. The van der Waals surface area contributed by atoms with Gasteiger partial charge < -0.3 is 5.32 Å². The van der Waals surface area contributed by atoms with E-state index in [0.717, 1.165) is 18.9 Å². The topological polar surface area (TPSA) is 24.9 Å². The number of nitrogens with one attached hydrogen (secondary N) is 1. The third-order valence-corrected chi connectivity index (χ3v) is 5.74. The monoisotopic (exact) mass is 264 g/mol. The lowest BCUT2D eigenvalue weighted by Gasteiger charge is -2.34. The normalized spacial score (nSPS) is 26.7. The fraction of sp³-hybridized carbons (Fsp3) is 0.800. The zero-order chi connectivity index (χ0) is 12.8. The molecule has 1 saturated carbocycles. The predicted molar refractivity (Wildman–Crippen MR) is 77.2 cm³/mol. The summed E-state index contributed by atoms with van der Waals surface area (Å²) in [7, 11) is 0. The van der Waals surface area contributed by atoms with E-state index in [1.807, 2.05) is 11.3 Å². The molecular weight excluding hydrogens is 240 g/mol. The smallest absolute Gasteiger partial charge is 0.0962 e.